The van der Waals surface area contributed by atoms with Crippen LogP contribution >= 0.6 is 0 Å². The molecule has 0 amide bonds. The number of morpholine rings is 1. The van der Waals surface area contributed by atoms with Gasteiger partial charge < -0.3 is 9.47 Å². The van der Waals surface area contributed by atoms with Gasteiger partial charge in [-0.2, -0.15) is 0 Å². The maximum absolute atomic E-state index is 5.88. The van der Waals surface area contributed by atoms with Crippen molar-refractivity contribution in [3.63, 3.8) is 0 Å². The number of aryl methyl sites for hydroxylation is 1. The van der Waals surface area contributed by atoms with Crippen LogP contribution in [0.1, 0.15) is 30.5 Å². The van der Waals surface area contributed by atoms with Crippen molar-refractivity contribution in [2.75, 3.05) is 39.5 Å². The molecule has 1 atom stereocenters. The van der Waals surface area contributed by atoms with Gasteiger partial charge in [0.15, 0.2) is 0 Å². The summed E-state index contributed by atoms with van der Waals surface area (Å²) in [6.45, 7) is 7.68. The van der Waals surface area contributed by atoms with Gasteiger partial charge in [-0.05, 0) is 31.7 Å². The first-order chi connectivity index (χ1) is 9.81. The largest absolute Gasteiger partial charge is 0.381 e. The molecular weight excluding hydrogens is 254 g/mol. The molecular formula is C15H23N3O2. The van der Waals surface area contributed by atoms with E-state index >= 15 is 0 Å². The molecule has 3 rings (SSSR count). The van der Waals surface area contributed by atoms with Gasteiger partial charge in [0.25, 0.3) is 0 Å². The molecule has 2 aliphatic heterocycles. The average molecular weight is 277 g/mol. The third kappa shape index (κ3) is 3.53. The normalized spacial score (nSPS) is 25.8. The maximum Gasteiger partial charge on any atom is 0.125 e. The molecule has 5 heteroatoms. The number of hydrogen-bond donors (Lipinski definition) is 0. The Labute approximate surface area is 120 Å². The Bertz CT molecular complexity index is 435. The van der Waals surface area contributed by atoms with Crippen LogP contribution in [0.15, 0.2) is 12.3 Å². The summed E-state index contributed by atoms with van der Waals surface area (Å²) in [5.41, 5.74) is 1.01. The van der Waals surface area contributed by atoms with Crippen molar-refractivity contribution >= 4 is 0 Å². The average Bonchev–Trinajstić information content (AvgIpc) is 2.49. The van der Waals surface area contributed by atoms with Gasteiger partial charge in [0.1, 0.15) is 11.9 Å². The molecule has 1 aromatic heterocycles. The second kappa shape index (κ2) is 6.61. The molecule has 2 saturated heterocycles. The third-order valence-electron chi connectivity index (χ3n) is 4.14. The molecule has 2 fully saturated rings. The van der Waals surface area contributed by atoms with Crippen molar-refractivity contribution < 1.29 is 9.47 Å². The Hall–Kier alpha value is -1.04. The van der Waals surface area contributed by atoms with Gasteiger partial charge in [-0.3, -0.25) is 4.90 Å². The summed E-state index contributed by atoms with van der Waals surface area (Å²) in [5.74, 6) is 1.59. The van der Waals surface area contributed by atoms with Gasteiger partial charge in [-0.1, -0.05) is 0 Å². The summed E-state index contributed by atoms with van der Waals surface area (Å²) in [5, 5.41) is 0. The summed E-state index contributed by atoms with van der Waals surface area (Å²) >= 11 is 0. The molecule has 20 heavy (non-hydrogen) atoms. The fourth-order valence-corrected chi connectivity index (χ4v) is 3.00. The minimum atomic E-state index is 0.0882. The van der Waals surface area contributed by atoms with E-state index in [9.17, 15) is 0 Å². The smallest absolute Gasteiger partial charge is 0.125 e. The van der Waals surface area contributed by atoms with E-state index in [2.05, 4.69) is 14.9 Å². The molecule has 2 aliphatic rings. The van der Waals surface area contributed by atoms with E-state index in [-0.39, 0.29) is 6.10 Å². The van der Waals surface area contributed by atoms with E-state index in [1.807, 2.05) is 19.2 Å². The molecule has 0 N–H and O–H groups in total. The molecule has 0 unspecified atom stereocenters. The van der Waals surface area contributed by atoms with E-state index in [1.165, 1.54) is 12.8 Å². The Morgan fingerprint density at radius 3 is 2.95 bits per heavy atom. The van der Waals surface area contributed by atoms with Gasteiger partial charge in [-0.25, -0.2) is 9.97 Å². The van der Waals surface area contributed by atoms with E-state index < -0.39 is 0 Å². The van der Waals surface area contributed by atoms with Gasteiger partial charge in [-0.15, -0.1) is 0 Å². The number of nitrogens with zero attached hydrogens (tertiary/aromatic N) is 3. The first-order valence-electron chi connectivity index (χ1n) is 7.52. The van der Waals surface area contributed by atoms with Crippen LogP contribution in [-0.2, 0) is 9.47 Å². The first kappa shape index (κ1) is 13.9. The fraction of sp³-hybridized carbons (Fsp3) is 0.733. The van der Waals surface area contributed by atoms with Gasteiger partial charge in [0.2, 0.25) is 0 Å². The van der Waals surface area contributed by atoms with Crippen LogP contribution in [0.3, 0.4) is 0 Å². The topological polar surface area (TPSA) is 47.5 Å². The van der Waals surface area contributed by atoms with Gasteiger partial charge in [0, 0.05) is 39.0 Å². The first-order valence-corrected chi connectivity index (χ1v) is 7.52. The molecule has 5 nitrogen and oxygen atoms in total. The highest BCUT2D eigenvalue weighted by atomic mass is 16.5. The predicted octanol–water partition coefficient (Wildman–Crippen LogP) is 1.58. The highest BCUT2D eigenvalue weighted by Gasteiger charge is 2.25. The fourth-order valence-electron chi connectivity index (χ4n) is 3.00. The summed E-state index contributed by atoms with van der Waals surface area (Å²) in [6.07, 6.45) is 4.28. The Morgan fingerprint density at radius 2 is 2.15 bits per heavy atom. The molecule has 0 bridgehead atoms. The van der Waals surface area contributed by atoms with E-state index in [1.54, 1.807) is 0 Å². The van der Waals surface area contributed by atoms with Crippen molar-refractivity contribution in [3.8, 4) is 0 Å². The number of aromatic nitrogens is 2. The lowest BCUT2D eigenvalue weighted by molar-refractivity contribution is -0.0430. The second-order valence-electron chi connectivity index (χ2n) is 5.70. The van der Waals surface area contributed by atoms with Crippen molar-refractivity contribution in [1.29, 1.82) is 0 Å². The van der Waals surface area contributed by atoms with Crippen LogP contribution in [-0.4, -0.2) is 54.3 Å². The van der Waals surface area contributed by atoms with Crippen LogP contribution in [0, 0.1) is 12.8 Å². The second-order valence-corrected chi connectivity index (χ2v) is 5.70. The summed E-state index contributed by atoms with van der Waals surface area (Å²) in [4.78, 5) is 11.2. The molecule has 0 spiro atoms. The SMILES string of the molecule is Cc1nccc([C@@H]2CN(CC3CCOCC3)CCO2)n1. The highest BCUT2D eigenvalue weighted by molar-refractivity contribution is 5.06. The lowest BCUT2D eigenvalue weighted by Crippen LogP contribution is -2.42. The summed E-state index contributed by atoms with van der Waals surface area (Å²) in [6, 6.07) is 1.97. The van der Waals surface area contributed by atoms with Gasteiger partial charge >= 0.3 is 0 Å². The Balaban J connectivity index is 1.58. The predicted molar refractivity (Wildman–Crippen MR) is 75.4 cm³/mol. The lowest BCUT2D eigenvalue weighted by atomic mass is 9.99. The van der Waals surface area contributed by atoms with E-state index in [0.29, 0.717) is 0 Å². The minimum absolute atomic E-state index is 0.0882. The number of rotatable bonds is 3. The zero-order valence-electron chi connectivity index (χ0n) is 12.1. The molecule has 3 heterocycles. The molecule has 1 aromatic rings. The van der Waals surface area contributed by atoms with Crippen LogP contribution in [0.4, 0.5) is 0 Å². The molecule has 0 radical (unpaired) electrons. The van der Waals surface area contributed by atoms with Crippen molar-refractivity contribution in [3.05, 3.63) is 23.8 Å². The van der Waals surface area contributed by atoms with Gasteiger partial charge in [0.05, 0.1) is 12.3 Å². The standard InChI is InChI=1S/C15H23N3O2/c1-12-16-5-2-14(17-12)15-11-18(6-9-20-15)10-13-3-7-19-8-4-13/h2,5,13,15H,3-4,6-11H2,1H3/t15-/m0/s1. The summed E-state index contributed by atoms with van der Waals surface area (Å²) < 4.78 is 11.3. The van der Waals surface area contributed by atoms with Crippen molar-refractivity contribution in [1.82, 2.24) is 14.9 Å². The monoisotopic (exact) mass is 277 g/mol. The summed E-state index contributed by atoms with van der Waals surface area (Å²) in [7, 11) is 0. The van der Waals surface area contributed by atoms with E-state index in [0.717, 1.165) is 56.9 Å². The Kier molecular flexibility index (Phi) is 4.60. The van der Waals surface area contributed by atoms with Crippen LogP contribution in [0.2, 0.25) is 0 Å². The molecule has 0 saturated carbocycles. The Morgan fingerprint density at radius 1 is 1.30 bits per heavy atom. The number of hydrogen-bond acceptors (Lipinski definition) is 5. The quantitative estimate of drug-likeness (QED) is 0.839. The highest BCUT2D eigenvalue weighted by Crippen LogP contribution is 2.23. The third-order valence-corrected chi connectivity index (χ3v) is 4.14. The van der Waals surface area contributed by atoms with Crippen molar-refractivity contribution in [2.45, 2.75) is 25.9 Å². The zero-order chi connectivity index (χ0) is 13.8. The van der Waals surface area contributed by atoms with Crippen LogP contribution in [0.5, 0.6) is 0 Å². The van der Waals surface area contributed by atoms with Crippen LogP contribution < -0.4 is 0 Å². The molecule has 0 aliphatic carbocycles. The molecule has 0 aromatic carbocycles. The number of ether oxygens (including phenoxy) is 2. The lowest BCUT2D eigenvalue weighted by Gasteiger charge is -2.35. The molecule has 110 valence electrons. The van der Waals surface area contributed by atoms with E-state index in [4.69, 9.17) is 9.47 Å². The maximum atomic E-state index is 5.88. The van der Waals surface area contributed by atoms with Crippen LogP contribution in [0.25, 0.3) is 0 Å². The zero-order valence-corrected chi connectivity index (χ0v) is 12.1. The minimum Gasteiger partial charge on any atom is -0.381 e. The van der Waals surface area contributed by atoms with Crippen molar-refractivity contribution in [2.24, 2.45) is 5.92 Å².